The molecular formula is C12H20FN6O2S+. The highest BCUT2D eigenvalue weighted by Crippen LogP contribution is 2.36. The Labute approximate surface area is 131 Å². The van der Waals surface area contributed by atoms with E-state index in [2.05, 4.69) is 22.3 Å². The van der Waals surface area contributed by atoms with E-state index in [1.807, 2.05) is 0 Å². The smallest absolute Gasteiger partial charge is 0.214 e. The third kappa shape index (κ3) is 2.56. The second-order valence-corrected chi connectivity index (χ2v) is 6.48. The van der Waals surface area contributed by atoms with Crippen LogP contribution in [0.3, 0.4) is 0 Å². The van der Waals surface area contributed by atoms with Crippen molar-refractivity contribution in [3.05, 3.63) is 0 Å². The number of rotatable bonds is 4. The zero-order valence-electron chi connectivity index (χ0n) is 12.1. The van der Waals surface area contributed by atoms with E-state index in [0.717, 1.165) is 12.2 Å². The van der Waals surface area contributed by atoms with Gasteiger partial charge in [0.05, 0.1) is 0 Å². The van der Waals surface area contributed by atoms with Crippen molar-refractivity contribution in [2.45, 2.75) is 49.3 Å². The minimum atomic E-state index is -1.45. The number of aliphatic hydroxyl groups is 2. The molecule has 3 rings (SSSR count). The summed E-state index contributed by atoms with van der Waals surface area (Å²) < 4.78 is 13.6. The highest BCUT2D eigenvalue weighted by Gasteiger charge is 2.49. The molecule has 0 unspecified atom stereocenters. The van der Waals surface area contributed by atoms with Crippen molar-refractivity contribution in [1.29, 1.82) is 0 Å². The number of nitrogens with two attached hydrogens (primary N) is 2. The van der Waals surface area contributed by atoms with Crippen LogP contribution < -0.4 is 21.7 Å². The number of anilines is 3. The van der Waals surface area contributed by atoms with Crippen LogP contribution in [0, 0.1) is 0 Å². The van der Waals surface area contributed by atoms with E-state index in [9.17, 15) is 14.6 Å². The second-order valence-electron chi connectivity index (χ2n) is 5.42. The Bertz CT molecular complexity index is 565. The van der Waals surface area contributed by atoms with E-state index in [1.54, 1.807) is 10.5 Å². The van der Waals surface area contributed by atoms with Gasteiger partial charge in [0.2, 0.25) is 5.82 Å². The molecule has 122 valence electrons. The summed E-state index contributed by atoms with van der Waals surface area (Å²) in [7, 11) is 0. The molecule has 1 saturated carbocycles. The lowest BCUT2D eigenvalue weighted by Gasteiger charge is -2.23. The summed E-state index contributed by atoms with van der Waals surface area (Å²) in [5, 5.41) is 21.8. The van der Waals surface area contributed by atoms with Crippen LogP contribution in [0.2, 0.25) is 0 Å². The van der Waals surface area contributed by atoms with Gasteiger partial charge in [-0.05, 0) is 6.42 Å². The van der Waals surface area contributed by atoms with E-state index in [1.165, 1.54) is 11.8 Å². The third-order valence-corrected chi connectivity index (χ3v) is 4.92. The molecule has 2 aliphatic rings. The van der Waals surface area contributed by atoms with Gasteiger partial charge < -0.3 is 15.9 Å². The fourth-order valence-corrected chi connectivity index (χ4v) is 3.41. The average molecular weight is 331 g/mol. The number of nitrogen functional groups attached to an aromatic ring is 2. The van der Waals surface area contributed by atoms with Gasteiger partial charge in [-0.3, -0.25) is 0 Å². The SMILES string of the molecule is CCCSc1nc(N)c2c(n1)N([C@@H]1C[C@H](F)[C@@H](O)[C@H]1O)[NH2+]N2. The highest BCUT2D eigenvalue weighted by atomic mass is 32.2. The number of hydrogen-bond donors (Lipinski definition) is 5. The predicted molar refractivity (Wildman–Crippen MR) is 80.8 cm³/mol. The first-order valence-corrected chi connectivity index (χ1v) is 8.20. The number of alkyl halides is 1. The maximum Gasteiger partial charge on any atom is 0.214 e. The van der Waals surface area contributed by atoms with Crippen LogP contribution in [0.15, 0.2) is 5.16 Å². The first-order chi connectivity index (χ1) is 10.5. The molecule has 10 heteroatoms. The Kier molecular flexibility index (Phi) is 4.26. The van der Waals surface area contributed by atoms with Crippen molar-refractivity contribution in [2.24, 2.45) is 0 Å². The number of aliphatic hydroxyl groups excluding tert-OH is 2. The summed E-state index contributed by atoms with van der Waals surface area (Å²) in [5.41, 5.74) is 11.0. The fraction of sp³-hybridized carbons (Fsp3) is 0.667. The van der Waals surface area contributed by atoms with Crippen molar-refractivity contribution in [3.63, 3.8) is 0 Å². The first kappa shape index (κ1) is 15.5. The Morgan fingerprint density at radius 3 is 2.86 bits per heavy atom. The lowest BCUT2D eigenvalue weighted by molar-refractivity contribution is -0.637. The monoisotopic (exact) mass is 331 g/mol. The standard InChI is InChI=1S/C12H19FN6O2S/c1-2-3-22-12-15-10(14)7-11(16-12)19(18-17-7)6-4-5(13)8(20)9(6)21/h5-6,8-9,17-18,20-21H,2-4H2,1H3,(H2,14,15,16)/p+1/t5-,6+,8+,9-/m0/s1. The topological polar surface area (TPSA) is 124 Å². The van der Waals surface area contributed by atoms with E-state index < -0.39 is 24.4 Å². The number of quaternary nitrogens is 1. The summed E-state index contributed by atoms with van der Waals surface area (Å²) in [5.74, 6) is 1.69. The van der Waals surface area contributed by atoms with E-state index in [0.29, 0.717) is 22.5 Å². The number of nitrogens with zero attached hydrogens (tertiary/aromatic N) is 3. The van der Waals surface area contributed by atoms with Crippen LogP contribution in [0.1, 0.15) is 19.8 Å². The molecule has 1 aliphatic carbocycles. The van der Waals surface area contributed by atoms with Crippen LogP contribution in [0.5, 0.6) is 0 Å². The molecule has 4 atom stereocenters. The molecule has 8 nitrogen and oxygen atoms in total. The van der Waals surface area contributed by atoms with Crippen LogP contribution >= 0.6 is 11.8 Å². The molecule has 1 aromatic heterocycles. The van der Waals surface area contributed by atoms with E-state index in [4.69, 9.17) is 5.73 Å². The summed E-state index contributed by atoms with van der Waals surface area (Å²) in [6, 6.07) is -0.586. The van der Waals surface area contributed by atoms with Crippen LogP contribution in [0.4, 0.5) is 21.7 Å². The van der Waals surface area contributed by atoms with Gasteiger partial charge in [-0.2, -0.15) is 9.99 Å². The van der Waals surface area contributed by atoms with E-state index >= 15 is 0 Å². The Morgan fingerprint density at radius 1 is 1.45 bits per heavy atom. The molecule has 0 aromatic carbocycles. The van der Waals surface area contributed by atoms with Crippen LogP contribution in [-0.4, -0.2) is 50.4 Å². The Hall–Kier alpha value is -1.36. The highest BCUT2D eigenvalue weighted by molar-refractivity contribution is 7.99. The van der Waals surface area contributed by atoms with Crippen molar-refractivity contribution >= 4 is 29.1 Å². The van der Waals surface area contributed by atoms with Crippen molar-refractivity contribution < 1.29 is 20.1 Å². The molecule has 1 aromatic rings. The molecule has 0 radical (unpaired) electrons. The molecule has 0 saturated heterocycles. The van der Waals surface area contributed by atoms with Gasteiger partial charge >= 0.3 is 0 Å². The lowest BCUT2D eigenvalue weighted by atomic mass is 10.2. The molecule has 0 bridgehead atoms. The molecule has 1 fully saturated rings. The molecule has 2 heterocycles. The Balaban J connectivity index is 1.88. The lowest BCUT2D eigenvalue weighted by Crippen LogP contribution is -2.97. The van der Waals surface area contributed by atoms with Gasteiger partial charge in [0.25, 0.3) is 0 Å². The second kappa shape index (κ2) is 6.03. The predicted octanol–water partition coefficient (Wildman–Crippen LogP) is -0.982. The summed E-state index contributed by atoms with van der Waals surface area (Å²) >= 11 is 1.49. The number of aromatic nitrogens is 2. The van der Waals surface area contributed by atoms with Crippen molar-refractivity contribution in [3.8, 4) is 0 Å². The number of nitrogens with one attached hydrogen (secondary N) is 1. The van der Waals surface area contributed by atoms with Gasteiger partial charge in [-0.1, -0.05) is 18.7 Å². The molecule has 7 N–H and O–H groups in total. The largest absolute Gasteiger partial charge is 0.388 e. The maximum absolute atomic E-state index is 13.6. The average Bonchev–Trinajstić information content (AvgIpc) is 3.02. The number of thioether (sulfide) groups is 1. The number of fused-ring (bicyclic) bond motifs is 1. The van der Waals surface area contributed by atoms with Gasteiger partial charge in [0.1, 0.15) is 24.4 Å². The summed E-state index contributed by atoms with van der Waals surface area (Å²) in [4.78, 5) is 8.68. The van der Waals surface area contributed by atoms with E-state index in [-0.39, 0.29) is 6.42 Å². The number of hydrogen-bond acceptors (Lipinski definition) is 8. The molecular weight excluding hydrogens is 311 g/mol. The van der Waals surface area contributed by atoms with Gasteiger partial charge in [0, 0.05) is 12.2 Å². The maximum atomic E-state index is 13.6. The summed E-state index contributed by atoms with van der Waals surface area (Å²) in [6.45, 7) is 2.06. The van der Waals surface area contributed by atoms with Crippen molar-refractivity contribution in [2.75, 3.05) is 21.9 Å². The third-order valence-electron chi connectivity index (χ3n) is 3.86. The van der Waals surface area contributed by atoms with Crippen molar-refractivity contribution in [1.82, 2.24) is 9.97 Å². The zero-order valence-corrected chi connectivity index (χ0v) is 12.9. The number of halogens is 1. The zero-order chi connectivity index (χ0) is 15.9. The van der Waals surface area contributed by atoms with Gasteiger partial charge in [0.15, 0.2) is 16.7 Å². The Morgan fingerprint density at radius 2 is 2.23 bits per heavy atom. The summed E-state index contributed by atoms with van der Waals surface area (Å²) in [6.07, 6.45) is -3.00. The van der Waals surface area contributed by atoms with Gasteiger partial charge in [-0.25, -0.2) is 14.8 Å². The van der Waals surface area contributed by atoms with Crippen LogP contribution in [0.25, 0.3) is 0 Å². The quantitative estimate of drug-likeness (QED) is 0.271. The minimum Gasteiger partial charge on any atom is -0.388 e. The van der Waals surface area contributed by atoms with Crippen LogP contribution in [-0.2, 0) is 0 Å². The first-order valence-electron chi connectivity index (χ1n) is 7.21. The van der Waals surface area contributed by atoms with Gasteiger partial charge in [-0.15, -0.1) is 5.53 Å². The normalized spacial score (nSPS) is 30.5. The fourth-order valence-electron chi connectivity index (χ4n) is 2.71. The molecule has 22 heavy (non-hydrogen) atoms. The minimum absolute atomic E-state index is 0.0291. The molecule has 0 spiro atoms. The molecule has 1 aliphatic heterocycles. The molecule has 0 amide bonds.